The van der Waals surface area contributed by atoms with Crippen LogP contribution in [-0.2, 0) is 9.53 Å². The summed E-state index contributed by atoms with van der Waals surface area (Å²) in [6.07, 6.45) is -1.08. The first-order chi connectivity index (χ1) is 13.1. The molecule has 0 saturated heterocycles. The molecule has 0 heterocycles. The number of anilines is 2. The number of non-ortho nitro benzene ring substituents is 1. The quantitative estimate of drug-likeness (QED) is 0.464. The number of rotatable bonds is 6. The van der Waals surface area contributed by atoms with Crippen molar-refractivity contribution in [2.24, 2.45) is 0 Å². The molecule has 2 aromatic carbocycles. The molecule has 0 radical (unpaired) electrons. The van der Waals surface area contributed by atoms with Crippen molar-refractivity contribution in [3.63, 3.8) is 0 Å². The molecule has 8 nitrogen and oxygen atoms in total. The van der Waals surface area contributed by atoms with Crippen molar-refractivity contribution in [3.05, 3.63) is 63.2 Å². The van der Waals surface area contributed by atoms with Gasteiger partial charge in [0.25, 0.3) is 11.6 Å². The molecular weight excluding hydrogens is 362 g/mol. The van der Waals surface area contributed by atoms with E-state index in [0.29, 0.717) is 11.4 Å². The number of hydrogen-bond donors (Lipinski definition) is 1. The lowest BCUT2D eigenvalue weighted by atomic mass is 10.1. The highest BCUT2D eigenvalue weighted by atomic mass is 16.6. The van der Waals surface area contributed by atoms with Gasteiger partial charge in [0.2, 0.25) is 0 Å². The Kier molecular flexibility index (Phi) is 6.35. The number of carbonyl (C=O) groups is 2. The lowest BCUT2D eigenvalue weighted by Gasteiger charge is -2.19. The van der Waals surface area contributed by atoms with E-state index in [2.05, 4.69) is 5.32 Å². The number of amides is 1. The average Bonchev–Trinajstić information content (AvgIpc) is 2.63. The Labute approximate surface area is 163 Å². The molecule has 0 aliphatic carbocycles. The molecule has 1 N–H and O–H groups in total. The number of ether oxygens (including phenoxy) is 1. The molecule has 2 rings (SSSR count). The van der Waals surface area contributed by atoms with Crippen molar-refractivity contribution in [3.8, 4) is 0 Å². The molecule has 1 amide bonds. The number of nitrogens with one attached hydrogen (secondary N) is 1. The van der Waals surface area contributed by atoms with Gasteiger partial charge in [0.1, 0.15) is 0 Å². The van der Waals surface area contributed by atoms with Gasteiger partial charge in [0.15, 0.2) is 6.10 Å². The Balaban J connectivity index is 2.19. The van der Waals surface area contributed by atoms with Crippen LogP contribution in [0.3, 0.4) is 0 Å². The van der Waals surface area contributed by atoms with E-state index in [1.165, 1.54) is 19.1 Å². The first-order valence-electron chi connectivity index (χ1n) is 8.65. The average molecular weight is 385 g/mol. The molecule has 0 aromatic heterocycles. The zero-order valence-corrected chi connectivity index (χ0v) is 16.5. The first-order valence-corrected chi connectivity index (χ1v) is 8.65. The normalized spacial score (nSPS) is 11.5. The van der Waals surface area contributed by atoms with Gasteiger partial charge in [0, 0.05) is 31.9 Å². The van der Waals surface area contributed by atoms with Crippen LogP contribution in [-0.4, -0.2) is 37.0 Å². The predicted octanol–water partition coefficient (Wildman–Crippen LogP) is 3.46. The van der Waals surface area contributed by atoms with Gasteiger partial charge in [-0.3, -0.25) is 14.9 Å². The van der Waals surface area contributed by atoms with Crippen LogP contribution in [0.2, 0.25) is 0 Å². The van der Waals surface area contributed by atoms with E-state index >= 15 is 0 Å². The van der Waals surface area contributed by atoms with Crippen molar-refractivity contribution in [1.29, 1.82) is 0 Å². The van der Waals surface area contributed by atoms with Crippen LogP contribution in [0, 0.1) is 24.0 Å². The summed E-state index contributed by atoms with van der Waals surface area (Å²) in [6.45, 7) is 5.22. The number of carbonyl (C=O) groups excluding carboxylic acids is 2. The largest absolute Gasteiger partial charge is 0.449 e. The minimum absolute atomic E-state index is 0.0191. The molecule has 0 fully saturated rings. The Bertz CT molecular complexity index is 924. The van der Waals surface area contributed by atoms with E-state index in [1.807, 2.05) is 32.0 Å². The number of nitrogens with zero attached hydrogens (tertiary/aromatic N) is 2. The molecule has 0 unspecified atom stereocenters. The van der Waals surface area contributed by atoms with Gasteiger partial charge in [-0.25, -0.2) is 4.79 Å². The number of nitro benzene ring substituents is 1. The summed E-state index contributed by atoms with van der Waals surface area (Å²) in [7, 11) is 3.41. The molecule has 2 aromatic rings. The third-order valence-corrected chi connectivity index (χ3v) is 4.20. The van der Waals surface area contributed by atoms with Gasteiger partial charge in [-0.2, -0.15) is 0 Å². The summed E-state index contributed by atoms with van der Waals surface area (Å²) in [5.41, 5.74) is 2.74. The van der Waals surface area contributed by atoms with Crippen molar-refractivity contribution < 1.29 is 19.2 Å². The molecule has 8 heteroatoms. The van der Waals surface area contributed by atoms with Crippen LogP contribution in [0.15, 0.2) is 36.4 Å². The third kappa shape index (κ3) is 4.85. The molecule has 28 heavy (non-hydrogen) atoms. The fourth-order valence-corrected chi connectivity index (χ4v) is 2.57. The Morgan fingerprint density at radius 2 is 1.82 bits per heavy atom. The summed E-state index contributed by atoms with van der Waals surface area (Å²) in [5.74, 6) is -1.30. The lowest BCUT2D eigenvalue weighted by Crippen LogP contribution is -2.30. The number of nitro groups is 1. The lowest BCUT2D eigenvalue weighted by molar-refractivity contribution is -0.384. The number of hydrogen-bond acceptors (Lipinski definition) is 6. The fraction of sp³-hybridized carbons (Fsp3) is 0.300. The zero-order chi connectivity index (χ0) is 21.0. The first kappa shape index (κ1) is 20.9. The van der Waals surface area contributed by atoms with Crippen molar-refractivity contribution >= 4 is 28.9 Å². The van der Waals surface area contributed by atoms with Crippen LogP contribution in [0.25, 0.3) is 0 Å². The van der Waals surface area contributed by atoms with Crippen LogP contribution in [0.4, 0.5) is 17.1 Å². The van der Waals surface area contributed by atoms with E-state index in [-0.39, 0.29) is 11.3 Å². The maximum Gasteiger partial charge on any atom is 0.341 e. The maximum absolute atomic E-state index is 12.6. The number of benzene rings is 2. The van der Waals surface area contributed by atoms with Gasteiger partial charge in [0.05, 0.1) is 16.2 Å². The summed E-state index contributed by atoms with van der Waals surface area (Å²) in [4.78, 5) is 37.1. The van der Waals surface area contributed by atoms with Gasteiger partial charge < -0.3 is 15.0 Å². The monoisotopic (exact) mass is 385 g/mol. The van der Waals surface area contributed by atoms with E-state index < -0.39 is 22.9 Å². The van der Waals surface area contributed by atoms with Crippen molar-refractivity contribution in [2.45, 2.75) is 26.9 Å². The third-order valence-electron chi connectivity index (χ3n) is 4.20. The van der Waals surface area contributed by atoms with Gasteiger partial charge in [-0.15, -0.1) is 0 Å². The Hall–Kier alpha value is -3.42. The number of aryl methyl sites for hydroxylation is 2. The molecule has 148 valence electrons. The van der Waals surface area contributed by atoms with Gasteiger partial charge in [-0.05, 0) is 44.0 Å². The van der Waals surface area contributed by atoms with Crippen LogP contribution in [0.1, 0.15) is 28.4 Å². The molecule has 0 saturated carbocycles. The second-order valence-electron chi connectivity index (χ2n) is 6.71. The van der Waals surface area contributed by atoms with Gasteiger partial charge >= 0.3 is 5.97 Å². The van der Waals surface area contributed by atoms with E-state index in [9.17, 15) is 19.7 Å². The standard InChI is InChI=1S/C20H23N3O5/c1-12-6-7-13(2)17(10-12)21-19(24)14(3)28-20(25)16-11-15(23(26)27)8-9-18(16)22(4)5/h6-11,14H,1-5H3,(H,21,24)/t14-/m1/s1. The molecule has 0 aliphatic heterocycles. The van der Waals surface area contributed by atoms with Crippen LogP contribution >= 0.6 is 0 Å². The van der Waals surface area contributed by atoms with E-state index in [1.54, 1.807) is 19.0 Å². The topological polar surface area (TPSA) is 102 Å². The van der Waals surface area contributed by atoms with Crippen LogP contribution < -0.4 is 10.2 Å². The highest BCUT2D eigenvalue weighted by Crippen LogP contribution is 2.25. The molecule has 1 atom stereocenters. The van der Waals surface area contributed by atoms with E-state index in [0.717, 1.165) is 17.2 Å². The summed E-state index contributed by atoms with van der Waals surface area (Å²) in [5, 5.41) is 13.8. The van der Waals surface area contributed by atoms with Gasteiger partial charge in [-0.1, -0.05) is 12.1 Å². The SMILES string of the molecule is Cc1ccc(C)c(NC(=O)[C@@H](C)OC(=O)c2cc([N+](=O)[O-])ccc2N(C)C)c1. The Morgan fingerprint density at radius 1 is 1.14 bits per heavy atom. The fourth-order valence-electron chi connectivity index (χ4n) is 2.57. The molecular formula is C20H23N3O5. The maximum atomic E-state index is 12.6. The summed E-state index contributed by atoms with van der Waals surface area (Å²) in [6, 6.07) is 9.56. The Morgan fingerprint density at radius 3 is 2.43 bits per heavy atom. The highest BCUT2D eigenvalue weighted by molar-refractivity contribution is 6.00. The minimum Gasteiger partial charge on any atom is -0.449 e. The molecule has 0 bridgehead atoms. The smallest absolute Gasteiger partial charge is 0.341 e. The second kappa shape index (κ2) is 8.51. The second-order valence-corrected chi connectivity index (χ2v) is 6.71. The van der Waals surface area contributed by atoms with Crippen molar-refractivity contribution in [1.82, 2.24) is 0 Å². The molecule has 0 spiro atoms. The predicted molar refractivity (Wildman–Crippen MR) is 107 cm³/mol. The van der Waals surface area contributed by atoms with E-state index in [4.69, 9.17) is 4.74 Å². The summed E-state index contributed by atoms with van der Waals surface area (Å²) < 4.78 is 5.27. The zero-order valence-electron chi connectivity index (χ0n) is 16.5. The minimum atomic E-state index is -1.08. The van der Waals surface area contributed by atoms with Crippen molar-refractivity contribution in [2.75, 3.05) is 24.3 Å². The summed E-state index contributed by atoms with van der Waals surface area (Å²) >= 11 is 0. The highest BCUT2D eigenvalue weighted by Gasteiger charge is 2.24. The van der Waals surface area contributed by atoms with Crippen LogP contribution in [0.5, 0.6) is 0 Å². The molecule has 0 aliphatic rings. The number of esters is 1.